The van der Waals surface area contributed by atoms with Crippen LogP contribution in [-0.4, -0.2) is 32.6 Å². The summed E-state index contributed by atoms with van der Waals surface area (Å²) in [7, 11) is 1.92. The van der Waals surface area contributed by atoms with Crippen LogP contribution in [0.2, 0.25) is 0 Å². The van der Waals surface area contributed by atoms with Gasteiger partial charge in [-0.3, -0.25) is 9.78 Å². The summed E-state index contributed by atoms with van der Waals surface area (Å²) in [6, 6.07) is 22.7. The van der Waals surface area contributed by atoms with E-state index in [-0.39, 0.29) is 11.4 Å². The molecule has 158 valence electrons. The number of fused-ring (bicyclic) bond motifs is 4. The van der Waals surface area contributed by atoms with Crippen LogP contribution in [0.25, 0.3) is 28.1 Å². The van der Waals surface area contributed by atoms with Crippen LogP contribution in [0.3, 0.4) is 0 Å². The minimum atomic E-state index is -0.233. The van der Waals surface area contributed by atoms with Crippen LogP contribution in [0, 0.1) is 13.8 Å². The molecule has 1 spiro atoms. The SMILES string of the molecule is Cc1cc(-c2ccc3c(c2)-n2nc(-c4ccccc4)cc2C(=O)N(C)C32CC2)cc(C)n1. The van der Waals surface area contributed by atoms with Crippen LogP contribution in [0.5, 0.6) is 0 Å². The molecule has 4 aromatic rings. The minimum absolute atomic E-state index is 0.0190. The van der Waals surface area contributed by atoms with E-state index in [0.29, 0.717) is 5.69 Å². The second-order valence-corrected chi connectivity index (χ2v) is 8.96. The van der Waals surface area contributed by atoms with Crippen LogP contribution in [0.15, 0.2) is 66.7 Å². The van der Waals surface area contributed by atoms with Crippen molar-refractivity contribution >= 4 is 5.91 Å². The summed E-state index contributed by atoms with van der Waals surface area (Å²) in [5.74, 6) is 0.0190. The van der Waals surface area contributed by atoms with E-state index in [1.807, 2.05) is 66.9 Å². The molecule has 2 aliphatic rings. The molecule has 0 saturated heterocycles. The maximum absolute atomic E-state index is 13.5. The quantitative estimate of drug-likeness (QED) is 0.443. The van der Waals surface area contributed by atoms with Gasteiger partial charge in [0.2, 0.25) is 0 Å². The van der Waals surface area contributed by atoms with Crippen LogP contribution < -0.4 is 0 Å². The van der Waals surface area contributed by atoms with Crippen molar-refractivity contribution in [3.8, 4) is 28.1 Å². The number of pyridine rings is 1. The van der Waals surface area contributed by atoms with Gasteiger partial charge in [0, 0.05) is 29.6 Å². The van der Waals surface area contributed by atoms with Gasteiger partial charge in [-0.2, -0.15) is 5.10 Å². The molecule has 0 unspecified atom stereocenters. The Morgan fingerprint density at radius 3 is 2.25 bits per heavy atom. The van der Waals surface area contributed by atoms with E-state index in [4.69, 9.17) is 5.10 Å². The molecular weight excluding hydrogens is 396 g/mol. The Kier molecular flexibility index (Phi) is 3.94. The van der Waals surface area contributed by atoms with Crippen molar-refractivity contribution in [1.29, 1.82) is 0 Å². The Labute approximate surface area is 187 Å². The third kappa shape index (κ3) is 2.74. The molecule has 32 heavy (non-hydrogen) atoms. The summed E-state index contributed by atoms with van der Waals surface area (Å²) in [5.41, 5.74) is 8.56. The molecule has 1 aliphatic heterocycles. The van der Waals surface area contributed by atoms with Crippen LogP contribution in [0.4, 0.5) is 0 Å². The number of carbonyl (C=O) groups excluding carboxylic acids is 1. The number of amides is 1. The van der Waals surface area contributed by atoms with Gasteiger partial charge in [-0.25, -0.2) is 4.68 Å². The molecule has 0 N–H and O–H groups in total. The second kappa shape index (κ2) is 6.63. The fourth-order valence-corrected chi connectivity index (χ4v) is 5.02. The summed E-state index contributed by atoms with van der Waals surface area (Å²) in [6.07, 6.45) is 1.96. The highest BCUT2D eigenvalue weighted by Gasteiger charge is 2.53. The Bertz CT molecular complexity index is 1360. The summed E-state index contributed by atoms with van der Waals surface area (Å²) < 4.78 is 1.86. The lowest BCUT2D eigenvalue weighted by molar-refractivity contribution is 0.0704. The van der Waals surface area contributed by atoms with Gasteiger partial charge < -0.3 is 4.90 Å². The van der Waals surface area contributed by atoms with Crippen molar-refractivity contribution < 1.29 is 4.79 Å². The number of hydrogen-bond donors (Lipinski definition) is 0. The number of nitrogens with zero attached hydrogens (tertiary/aromatic N) is 4. The first-order valence-electron chi connectivity index (χ1n) is 11.0. The monoisotopic (exact) mass is 420 g/mol. The molecule has 1 saturated carbocycles. The van der Waals surface area contributed by atoms with Gasteiger partial charge in [-0.15, -0.1) is 0 Å². The summed E-state index contributed by atoms with van der Waals surface area (Å²) in [5, 5.41) is 4.93. The molecule has 3 heterocycles. The third-order valence-corrected chi connectivity index (χ3v) is 6.81. The molecule has 1 amide bonds. The lowest BCUT2D eigenvalue weighted by Gasteiger charge is -2.27. The number of aromatic nitrogens is 3. The van der Waals surface area contributed by atoms with Crippen LogP contribution in [0.1, 0.15) is 40.3 Å². The molecule has 6 rings (SSSR count). The number of carbonyl (C=O) groups is 1. The molecule has 5 heteroatoms. The Morgan fingerprint density at radius 1 is 0.844 bits per heavy atom. The highest BCUT2D eigenvalue weighted by molar-refractivity contribution is 5.96. The number of aryl methyl sites for hydroxylation is 2. The molecule has 1 fully saturated rings. The fourth-order valence-electron chi connectivity index (χ4n) is 5.02. The number of rotatable bonds is 2. The zero-order chi connectivity index (χ0) is 22.0. The maximum Gasteiger partial charge on any atom is 0.273 e. The Morgan fingerprint density at radius 2 is 1.56 bits per heavy atom. The lowest BCUT2D eigenvalue weighted by atomic mass is 9.96. The number of benzene rings is 2. The van der Waals surface area contributed by atoms with Gasteiger partial charge in [0.25, 0.3) is 5.91 Å². The van der Waals surface area contributed by atoms with E-state index in [2.05, 4.69) is 35.3 Å². The predicted octanol–water partition coefficient (Wildman–Crippen LogP) is 5.29. The van der Waals surface area contributed by atoms with E-state index in [9.17, 15) is 4.79 Å². The van der Waals surface area contributed by atoms with Gasteiger partial charge in [-0.1, -0.05) is 42.5 Å². The van der Waals surface area contributed by atoms with Gasteiger partial charge in [-0.05, 0) is 62.1 Å². The first kappa shape index (κ1) is 19.0. The zero-order valence-electron chi connectivity index (χ0n) is 18.5. The van der Waals surface area contributed by atoms with Gasteiger partial charge in [0.15, 0.2) is 0 Å². The smallest absolute Gasteiger partial charge is 0.273 e. The highest BCUT2D eigenvalue weighted by atomic mass is 16.2. The largest absolute Gasteiger partial charge is 0.331 e. The van der Waals surface area contributed by atoms with Crippen molar-refractivity contribution in [1.82, 2.24) is 19.7 Å². The van der Waals surface area contributed by atoms with Crippen molar-refractivity contribution in [2.75, 3.05) is 7.05 Å². The van der Waals surface area contributed by atoms with E-state index >= 15 is 0 Å². The first-order valence-corrected chi connectivity index (χ1v) is 11.0. The van der Waals surface area contributed by atoms with E-state index in [1.165, 1.54) is 5.56 Å². The van der Waals surface area contributed by atoms with E-state index in [0.717, 1.165) is 52.3 Å². The normalized spacial score (nSPS) is 16.0. The van der Waals surface area contributed by atoms with E-state index < -0.39 is 0 Å². The predicted molar refractivity (Wildman–Crippen MR) is 125 cm³/mol. The Balaban J connectivity index is 1.60. The second-order valence-electron chi connectivity index (χ2n) is 8.96. The fraction of sp³-hybridized carbons (Fsp3) is 0.222. The first-order chi connectivity index (χ1) is 15.5. The molecule has 0 bridgehead atoms. The molecule has 5 nitrogen and oxygen atoms in total. The average molecular weight is 421 g/mol. The lowest BCUT2D eigenvalue weighted by Crippen LogP contribution is -2.36. The standard InChI is InChI=1S/C27H24N4O/c1-17-13-21(14-18(2)28-17)20-9-10-22-24(15-20)31-25(26(32)30(3)27(22)11-12-27)16-23(29-31)19-7-5-4-6-8-19/h4-10,13-16H,11-12H2,1-3H3. The average Bonchev–Trinajstić information content (AvgIpc) is 3.49. The molecular formula is C27H24N4O. The highest BCUT2D eigenvalue weighted by Crippen LogP contribution is 2.54. The summed E-state index contributed by atoms with van der Waals surface area (Å²) in [4.78, 5) is 19.9. The molecule has 2 aromatic carbocycles. The van der Waals surface area contributed by atoms with Crippen molar-refractivity contribution in [2.45, 2.75) is 32.2 Å². The zero-order valence-corrected chi connectivity index (χ0v) is 18.5. The number of hydrogen-bond acceptors (Lipinski definition) is 3. The van der Waals surface area contributed by atoms with Crippen molar-refractivity contribution in [3.63, 3.8) is 0 Å². The summed E-state index contributed by atoms with van der Waals surface area (Å²) >= 11 is 0. The van der Waals surface area contributed by atoms with Gasteiger partial charge >= 0.3 is 0 Å². The van der Waals surface area contributed by atoms with Gasteiger partial charge in [0.1, 0.15) is 5.69 Å². The van der Waals surface area contributed by atoms with Crippen LogP contribution >= 0.6 is 0 Å². The van der Waals surface area contributed by atoms with Crippen molar-refractivity contribution in [2.24, 2.45) is 0 Å². The Hall–Kier alpha value is -3.73. The topological polar surface area (TPSA) is 51.0 Å². The molecule has 0 atom stereocenters. The van der Waals surface area contributed by atoms with Crippen molar-refractivity contribution in [3.05, 3.63) is 89.4 Å². The van der Waals surface area contributed by atoms with Gasteiger partial charge in [0.05, 0.1) is 16.9 Å². The third-order valence-electron chi connectivity index (χ3n) is 6.81. The van der Waals surface area contributed by atoms with Crippen LogP contribution in [-0.2, 0) is 5.54 Å². The summed E-state index contributed by atoms with van der Waals surface area (Å²) in [6.45, 7) is 4.04. The minimum Gasteiger partial charge on any atom is -0.331 e. The molecule has 2 aromatic heterocycles. The molecule has 1 aliphatic carbocycles. The van der Waals surface area contributed by atoms with E-state index in [1.54, 1.807) is 0 Å². The molecule has 0 radical (unpaired) electrons. The maximum atomic E-state index is 13.5.